The van der Waals surface area contributed by atoms with Gasteiger partial charge in [-0.2, -0.15) is 5.10 Å². The van der Waals surface area contributed by atoms with Gasteiger partial charge < -0.3 is 15.0 Å². The molecule has 0 radical (unpaired) electrons. The molecule has 0 unspecified atom stereocenters. The number of nitrogens with one attached hydrogen (secondary N) is 2. The van der Waals surface area contributed by atoms with Crippen LogP contribution in [0.2, 0.25) is 0 Å². The van der Waals surface area contributed by atoms with Gasteiger partial charge in [-0.05, 0) is 44.5 Å². The standard InChI is InChI=1S/C18H22N4O2/c1-24-16-10-14(2-3-15(16)13-11-20-21-12-13)22-9-6-18(17(22)23)4-7-19-8-5-18/h2-3,10-12,19H,4-9H2,1H3,(H,20,21). The van der Waals surface area contributed by atoms with Gasteiger partial charge >= 0.3 is 0 Å². The highest BCUT2D eigenvalue weighted by molar-refractivity contribution is 6.00. The molecule has 1 amide bonds. The van der Waals surface area contributed by atoms with Crippen molar-refractivity contribution >= 4 is 11.6 Å². The second kappa shape index (κ2) is 5.94. The number of anilines is 1. The van der Waals surface area contributed by atoms with E-state index in [1.54, 1.807) is 13.3 Å². The zero-order valence-corrected chi connectivity index (χ0v) is 13.8. The maximum absolute atomic E-state index is 13.0. The minimum Gasteiger partial charge on any atom is -0.496 e. The summed E-state index contributed by atoms with van der Waals surface area (Å²) in [5.74, 6) is 1.02. The predicted octanol–water partition coefficient (Wildman–Crippen LogP) is 2.19. The van der Waals surface area contributed by atoms with Gasteiger partial charge in [0.05, 0.1) is 18.7 Å². The SMILES string of the molecule is COc1cc(N2CCC3(CCNCC3)C2=O)ccc1-c1cn[nH]c1. The van der Waals surface area contributed by atoms with Crippen LogP contribution < -0.4 is 15.0 Å². The zero-order chi connectivity index (χ0) is 16.6. The average molecular weight is 326 g/mol. The molecule has 2 N–H and O–H groups in total. The first-order chi connectivity index (χ1) is 11.7. The van der Waals surface area contributed by atoms with Crippen molar-refractivity contribution in [3.05, 3.63) is 30.6 Å². The summed E-state index contributed by atoms with van der Waals surface area (Å²) in [6.07, 6.45) is 6.42. The van der Waals surface area contributed by atoms with E-state index in [9.17, 15) is 4.79 Å². The number of rotatable bonds is 3. The van der Waals surface area contributed by atoms with Crippen LogP contribution in [0.5, 0.6) is 5.75 Å². The first kappa shape index (κ1) is 15.2. The molecule has 1 spiro atoms. The lowest BCUT2D eigenvalue weighted by Gasteiger charge is -2.32. The summed E-state index contributed by atoms with van der Waals surface area (Å²) >= 11 is 0. The van der Waals surface area contributed by atoms with E-state index in [2.05, 4.69) is 15.5 Å². The fraction of sp³-hybridized carbons (Fsp3) is 0.444. The van der Waals surface area contributed by atoms with Gasteiger partial charge in [0.15, 0.2) is 0 Å². The average Bonchev–Trinajstić information content (AvgIpc) is 3.25. The number of methoxy groups -OCH3 is 1. The molecule has 1 aromatic carbocycles. The molecule has 2 saturated heterocycles. The first-order valence-corrected chi connectivity index (χ1v) is 8.43. The Morgan fingerprint density at radius 1 is 1.25 bits per heavy atom. The second-order valence-electron chi connectivity index (χ2n) is 6.61. The highest BCUT2D eigenvalue weighted by Crippen LogP contribution is 2.43. The largest absolute Gasteiger partial charge is 0.496 e. The Morgan fingerprint density at radius 2 is 2.08 bits per heavy atom. The molecule has 6 nitrogen and oxygen atoms in total. The summed E-state index contributed by atoms with van der Waals surface area (Å²) in [7, 11) is 1.66. The molecule has 6 heteroatoms. The molecule has 3 heterocycles. The van der Waals surface area contributed by atoms with Crippen LogP contribution in [0.1, 0.15) is 19.3 Å². The number of aromatic nitrogens is 2. The van der Waals surface area contributed by atoms with Crippen LogP contribution in [0, 0.1) is 5.41 Å². The maximum atomic E-state index is 13.0. The smallest absolute Gasteiger partial charge is 0.233 e. The lowest BCUT2D eigenvalue weighted by molar-refractivity contribution is -0.126. The number of carbonyl (C=O) groups excluding carboxylic acids is 1. The van der Waals surface area contributed by atoms with Gasteiger partial charge in [0.2, 0.25) is 5.91 Å². The lowest BCUT2D eigenvalue weighted by atomic mass is 9.78. The topological polar surface area (TPSA) is 70.2 Å². The number of amides is 1. The lowest BCUT2D eigenvalue weighted by Crippen LogP contribution is -2.42. The Bertz CT molecular complexity index is 735. The highest BCUT2D eigenvalue weighted by atomic mass is 16.5. The summed E-state index contributed by atoms with van der Waals surface area (Å²) in [4.78, 5) is 15.0. The van der Waals surface area contributed by atoms with Crippen molar-refractivity contribution in [2.75, 3.05) is 31.6 Å². The van der Waals surface area contributed by atoms with Crippen LogP contribution in [0.15, 0.2) is 30.6 Å². The summed E-state index contributed by atoms with van der Waals surface area (Å²) < 4.78 is 5.55. The van der Waals surface area contributed by atoms with Crippen molar-refractivity contribution < 1.29 is 9.53 Å². The number of ether oxygens (including phenoxy) is 1. The van der Waals surface area contributed by atoms with E-state index in [0.29, 0.717) is 0 Å². The third-order valence-electron chi connectivity index (χ3n) is 5.38. The fourth-order valence-electron chi connectivity index (χ4n) is 3.92. The molecule has 1 aromatic heterocycles. The van der Waals surface area contributed by atoms with Crippen LogP contribution in [-0.4, -0.2) is 42.8 Å². The third-order valence-corrected chi connectivity index (χ3v) is 5.38. The number of piperidine rings is 1. The third kappa shape index (κ3) is 2.38. The molecule has 126 valence electrons. The van der Waals surface area contributed by atoms with Gasteiger partial charge in [-0.15, -0.1) is 0 Å². The minimum atomic E-state index is -0.165. The van der Waals surface area contributed by atoms with Crippen LogP contribution in [0.25, 0.3) is 11.1 Å². The molecule has 0 aliphatic carbocycles. The van der Waals surface area contributed by atoms with Gasteiger partial charge in [0.25, 0.3) is 0 Å². The molecule has 2 aromatic rings. The van der Waals surface area contributed by atoms with Gasteiger partial charge in [0.1, 0.15) is 5.75 Å². The summed E-state index contributed by atoms with van der Waals surface area (Å²) in [6.45, 7) is 2.65. The maximum Gasteiger partial charge on any atom is 0.233 e. The molecule has 0 bridgehead atoms. The normalized spacial score (nSPS) is 19.9. The molecular formula is C18H22N4O2. The number of hydrogen-bond acceptors (Lipinski definition) is 4. The Hall–Kier alpha value is -2.34. The van der Waals surface area contributed by atoms with E-state index in [0.717, 1.165) is 61.5 Å². The molecule has 24 heavy (non-hydrogen) atoms. The van der Waals surface area contributed by atoms with E-state index < -0.39 is 0 Å². The van der Waals surface area contributed by atoms with E-state index in [1.807, 2.05) is 29.3 Å². The number of hydrogen-bond donors (Lipinski definition) is 2. The van der Waals surface area contributed by atoms with Gasteiger partial charge in [0, 0.05) is 35.6 Å². The molecule has 0 saturated carbocycles. The number of carbonyl (C=O) groups is 1. The zero-order valence-electron chi connectivity index (χ0n) is 13.8. The van der Waals surface area contributed by atoms with Gasteiger partial charge in [-0.25, -0.2) is 0 Å². The molecule has 2 aliphatic heterocycles. The molecule has 4 rings (SSSR count). The fourth-order valence-corrected chi connectivity index (χ4v) is 3.92. The second-order valence-corrected chi connectivity index (χ2v) is 6.61. The van der Waals surface area contributed by atoms with Crippen LogP contribution >= 0.6 is 0 Å². The van der Waals surface area contributed by atoms with Crippen molar-refractivity contribution in [3.8, 4) is 16.9 Å². The molecular weight excluding hydrogens is 304 g/mol. The minimum absolute atomic E-state index is 0.165. The Labute approximate surface area is 141 Å². The number of benzene rings is 1. The van der Waals surface area contributed by atoms with E-state index >= 15 is 0 Å². The predicted molar refractivity (Wildman–Crippen MR) is 92.1 cm³/mol. The van der Waals surface area contributed by atoms with Crippen LogP contribution in [0.3, 0.4) is 0 Å². The number of H-pyrrole nitrogens is 1. The summed E-state index contributed by atoms with van der Waals surface area (Å²) in [5, 5.41) is 10.2. The Kier molecular flexibility index (Phi) is 3.76. The van der Waals surface area contributed by atoms with Crippen molar-refractivity contribution in [2.45, 2.75) is 19.3 Å². The van der Waals surface area contributed by atoms with Crippen LogP contribution in [0.4, 0.5) is 5.69 Å². The highest BCUT2D eigenvalue weighted by Gasteiger charge is 2.47. The van der Waals surface area contributed by atoms with Gasteiger partial charge in [-0.3, -0.25) is 9.89 Å². The molecule has 2 aliphatic rings. The van der Waals surface area contributed by atoms with E-state index in [1.165, 1.54) is 0 Å². The van der Waals surface area contributed by atoms with Crippen molar-refractivity contribution in [1.29, 1.82) is 0 Å². The number of nitrogens with zero attached hydrogens (tertiary/aromatic N) is 2. The van der Waals surface area contributed by atoms with Crippen molar-refractivity contribution in [1.82, 2.24) is 15.5 Å². The molecule has 0 atom stereocenters. The van der Waals surface area contributed by atoms with Crippen LogP contribution in [-0.2, 0) is 4.79 Å². The van der Waals surface area contributed by atoms with Gasteiger partial charge in [-0.1, -0.05) is 0 Å². The summed E-state index contributed by atoms with van der Waals surface area (Å²) in [5.41, 5.74) is 2.69. The van der Waals surface area contributed by atoms with E-state index in [4.69, 9.17) is 4.74 Å². The Morgan fingerprint density at radius 3 is 2.79 bits per heavy atom. The summed E-state index contributed by atoms with van der Waals surface area (Å²) in [6, 6.07) is 5.96. The number of aromatic amines is 1. The first-order valence-electron chi connectivity index (χ1n) is 8.43. The molecule has 2 fully saturated rings. The quantitative estimate of drug-likeness (QED) is 0.907. The Balaban J connectivity index is 1.64. The van der Waals surface area contributed by atoms with Crippen molar-refractivity contribution in [3.63, 3.8) is 0 Å². The monoisotopic (exact) mass is 326 g/mol. The van der Waals surface area contributed by atoms with E-state index in [-0.39, 0.29) is 11.3 Å². The van der Waals surface area contributed by atoms with Crippen molar-refractivity contribution in [2.24, 2.45) is 5.41 Å².